The lowest BCUT2D eigenvalue weighted by molar-refractivity contribution is 0.611. The maximum atomic E-state index is 13.4. The molecule has 3 rings (SSSR count). The first-order chi connectivity index (χ1) is 8.15. The minimum absolute atomic E-state index is 0.218. The van der Waals surface area contributed by atoms with Gasteiger partial charge >= 0.3 is 0 Å². The van der Waals surface area contributed by atoms with Gasteiger partial charge in [0.05, 0.1) is 11.0 Å². The zero-order valence-corrected chi connectivity index (χ0v) is 9.91. The molecule has 0 atom stereocenters. The van der Waals surface area contributed by atoms with E-state index in [0.717, 1.165) is 24.4 Å². The quantitative estimate of drug-likeness (QED) is 0.885. The molecule has 0 saturated heterocycles. The zero-order valence-electron chi connectivity index (χ0n) is 9.91. The van der Waals surface area contributed by atoms with Gasteiger partial charge in [-0.05, 0) is 30.9 Å². The van der Waals surface area contributed by atoms with Crippen LogP contribution in [-0.4, -0.2) is 9.55 Å². The second-order valence-corrected chi connectivity index (χ2v) is 4.94. The third kappa shape index (κ3) is 1.88. The van der Waals surface area contributed by atoms with Gasteiger partial charge in [-0.15, -0.1) is 0 Å². The number of rotatable bonds is 3. The van der Waals surface area contributed by atoms with Crippen molar-refractivity contribution < 1.29 is 4.39 Å². The van der Waals surface area contributed by atoms with Crippen molar-refractivity contribution in [1.29, 1.82) is 0 Å². The SMILES string of the molecule is Cc1cc2c(cc1F)nc(N)n2CCC1CC1. The molecule has 17 heavy (non-hydrogen) atoms. The molecule has 2 aromatic rings. The Labute approximate surface area is 99.4 Å². The molecule has 4 heteroatoms. The number of fused-ring (bicyclic) bond motifs is 1. The lowest BCUT2D eigenvalue weighted by Gasteiger charge is -2.06. The van der Waals surface area contributed by atoms with Gasteiger partial charge in [0.2, 0.25) is 5.95 Å². The summed E-state index contributed by atoms with van der Waals surface area (Å²) in [6.07, 6.45) is 3.81. The number of aromatic nitrogens is 2. The number of nitrogens with zero attached hydrogens (tertiary/aromatic N) is 2. The van der Waals surface area contributed by atoms with E-state index in [4.69, 9.17) is 5.73 Å². The van der Waals surface area contributed by atoms with Crippen LogP contribution in [-0.2, 0) is 6.54 Å². The average Bonchev–Trinajstić information content (AvgIpc) is 3.04. The number of imidazole rings is 1. The maximum absolute atomic E-state index is 13.4. The van der Waals surface area contributed by atoms with E-state index in [0.29, 0.717) is 17.0 Å². The van der Waals surface area contributed by atoms with Crippen LogP contribution in [0.3, 0.4) is 0 Å². The fourth-order valence-corrected chi connectivity index (χ4v) is 2.22. The Morgan fingerprint density at radius 3 is 2.94 bits per heavy atom. The summed E-state index contributed by atoms with van der Waals surface area (Å²) >= 11 is 0. The first kappa shape index (κ1) is 10.6. The molecule has 0 radical (unpaired) electrons. The van der Waals surface area contributed by atoms with Crippen molar-refractivity contribution in [2.45, 2.75) is 32.7 Å². The number of hydrogen-bond acceptors (Lipinski definition) is 2. The molecule has 1 fully saturated rings. The Hall–Kier alpha value is -1.58. The van der Waals surface area contributed by atoms with Crippen molar-refractivity contribution in [1.82, 2.24) is 9.55 Å². The summed E-state index contributed by atoms with van der Waals surface area (Å²) in [6.45, 7) is 2.65. The second kappa shape index (κ2) is 3.72. The minimum Gasteiger partial charge on any atom is -0.369 e. The van der Waals surface area contributed by atoms with Crippen LogP contribution in [0.1, 0.15) is 24.8 Å². The Morgan fingerprint density at radius 2 is 2.24 bits per heavy atom. The molecule has 1 aliphatic rings. The highest BCUT2D eigenvalue weighted by Crippen LogP contribution is 2.33. The van der Waals surface area contributed by atoms with Gasteiger partial charge in [0.1, 0.15) is 5.82 Å². The molecule has 1 aromatic heterocycles. The molecule has 90 valence electrons. The second-order valence-electron chi connectivity index (χ2n) is 4.94. The number of nitrogen functional groups attached to an aromatic ring is 1. The van der Waals surface area contributed by atoms with Gasteiger partial charge in [-0.3, -0.25) is 0 Å². The van der Waals surface area contributed by atoms with E-state index in [1.54, 1.807) is 6.92 Å². The number of benzene rings is 1. The van der Waals surface area contributed by atoms with Crippen LogP contribution < -0.4 is 5.73 Å². The summed E-state index contributed by atoms with van der Waals surface area (Å²) < 4.78 is 15.4. The molecular weight excluding hydrogens is 217 g/mol. The Bertz CT molecular complexity index is 570. The van der Waals surface area contributed by atoms with E-state index in [1.165, 1.54) is 18.9 Å². The number of halogens is 1. The van der Waals surface area contributed by atoms with E-state index >= 15 is 0 Å². The van der Waals surface area contributed by atoms with Crippen molar-refractivity contribution in [3.8, 4) is 0 Å². The lowest BCUT2D eigenvalue weighted by Crippen LogP contribution is -2.04. The summed E-state index contributed by atoms with van der Waals surface area (Å²) in [6, 6.07) is 3.30. The number of aryl methyl sites for hydroxylation is 2. The van der Waals surface area contributed by atoms with Crippen LogP contribution in [0.4, 0.5) is 10.3 Å². The van der Waals surface area contributed by atoms with Gasteiger partial charge in [-0.1, -0.05) is 12.8 Å². The lowest BCUT2D eigenvalue weighted by atomic mass is 10.2. The standard InChI is InChI=1S/C13H16FN3/c1-8-6-12-11(7-10(8)14)16-13(15)17(12)5-4-9-2-3-9/h6-7,9H,2-5H2,1H3,(H2,15,16). The molecule has 1 aromatic carbocycles. The zero-order chi connectivity index (χ0) is 12.0. The van der Waals surface area contributed by atoms with Gasteiger partial charge in [0.15, 0.2) is 0 Å². The van der Waals surface area contributed by atoms with E-state index < -0.39 is 0 Å². The molecule has 1 saturated carbocycles. The minimum atomic E-state index is -0.218. The normalized spacial score (nSPS) is 15.6. The Morgan fingerprint density at radius 1 is 1.47 bits per heavy atom. The molecule has 1 aliphatic carbocycles. The highest BCUT2D eigenvalue weighted by Gasteiger charge is 2.21. The van der Waals surface area contributed by atoms with Gasteiger partial charge in [-0.2, -0.15) is 0 Å². The molecule has 0 bridgehead atoms. The monoisotopic (exact) mass is 233 g/mol. The van der Waals surface area contributed by atoms with Crippen LogP contribution in [0.5, 0.6) is 0 Å². The smallest absolute Gasteiger partial charge is 0.201 e. The molecule has 2 N–H and O–H groups in total. The van der Waals surface area contributed by atoms with Crippen molar-refractivity contribution in [3.05, 3.63) is 23.5 Å². The molecule has 0 unspecified atom stereocenters. The molecular formula is C13H16FN3. The molecule has 0 aliphatic heterocycles. The third-order valence-corrected chi connectivity index (χ3v) is 3.52. The van der Waals surface area contributed by atoms with Gasteiger partial charge < -0.3 is 10.3 Å². The van der Waals surface area contributed by atoms with Crippen molar-refractivity contribution in [2.75, 3.05) is 5.73 Å². The summed E-state index contributed by atoms with van der Waals surface area (Å²) in [4.78, 5) is 4.21. The number of nitrogens with two attached hydrogens (primary N) is 1. The topological polar surface area (TPSA) is 43.8 Å². The summed E-state index contributed by atoms with van der Waals surface area (Å²) in [5.41, 5.74) is 8.13. The molecule has 1 heterocycles. The van der Waals surface area contributed by atoms with E-state index in [1.807, 2.05) is 10.6 Å². The van der Waals surface area contributed by atoms with Crippen molar-refractivity contribution in [3.63, 3.8) is 0 Å². The van der Waals surface area contributed by atoms with Crippen LogP contribution >= 0.6 is 0 Å². The van der Waals surface area contributed by atoms with Gasteiger partial charge in [0, 0.05) is 12.6 Å². The number of hydrogen-bond donors (Lipinski definition) is 1. The predicted octanol–water partition coefficient (Wildman–Crippen LogP) is 2.87. The predicted molar refractivity (Wildman–Crippen MR) is 66.2 cm³/mol. The summed E-state index contributed by atoms with van der Waals surface area (Å²) in [5, 5.41) is 0. The first-order valence-electron chi connectivity index (χ1n) is 6.07. The van der Waals surface area contributed by atoms with E-state index in [-0.39, 0.29) is 5.82 Å². The van der Waals surface area contributed by atoms with Crippen molar-refractivity contribution >= 4 is 17.0 Å². The summed E-state index contributed by atoms with van der Waals surface area (Å²) in [7, 11) is 0. The van der Waals surface area contributed by atoms with Crippen LogP contribution in [0, 0.1) is 18.7 Å². The molecule has 0 amide bonds. The molecule has 3 nitrogen and oxygen atoms in total. The Kier molecular flexibility index (Phi) is 2.31. The van der Waals surface area contributed by atoms with Crippen molar-refractivity contribution in [2.24, 2.45) is 5.92 Å². The van der Waals surface area contributed by atoms with E-state index in [2.05, 4.69) is 4.98 Å². The molecule has 0 spiro atoms. The average molecular weight is 233 g/mol. The fourth-order valence-electron chi connectivity index (χ4n) is 2.22. The van der Waals surface area contributed by atoms with Gasteiger partial charge in [-0.25, -0.2) is 9.37 Å². The van der Waals surface area contributed by atoms with Crippen LogP contribution in [0.15, 0.2) is 12.1 Å². The maximum Gasteiger partial charge on any atom is 0.201 e. The fraction of sp³-hybridized carbons (Fsp3) is 0.462. The van der Waals surface area contributed by atoms with Crippen LogP contribution in [0.2, 0.25) is 0 Å². The highest BCUT2D eigenvalue weighted by atomic mass is 19.1. The Balaban J connectivity index is 2.02. The van der Waals surface area contributed by atoms with Crippen LogP contribution in [0.25, 0.3) is 11.0 Å². The number of anilines is 1. The largest absolute Gasteiger partial charge is 0.369 e. The van der Waals surface area contributed by atoms with E-state index in [9.17, 15) is 4.39 Å². The summed E-state index contributed by atoms with van der Waals surface area (Å²) in [5.74, 6) is 1.13. The van der Waals surface area contributed by atoms with Gasteiger partial charge in [0.25, 0.3) is 0 Å². The third-order valence-electron chi connectivity index (χ3n) is 3.52. The highest BCUT2D eigenvalue weighted by molar-refractivity contribution is 5.79. The first-order valence-corrected chi connectivity index (χ1v) is 6.07.